The fourth-order valence-electron chi connectivity index (χ4n) is 4.09. The van der Waals surface area contributed by atoms with Crippen molar-refractivity contribution < 1.29 is 9.90 Å². The molecular weight excluding hydrogens is 224 g/mol. The van der Waals surface area contributed by atoms with Gasteiger partial charge in [-0.05, 0) is 61.7 Å². The minimum Gasteiger partial charge on any atom is -0.478 e. The number of carboxylic acid groups (broad SMARTS) is 1. The van der Waals surface area contributed by atoms with Crippen LogP contribution in [0.15, 0.2) is 23.8 Å². The minimum atomic E-state index is -0.702. The van der Waals surface area contributed by atoms with Crippen molar-refractivity contribution in [3.05, 3.63) is 23.8 Å². The molecule has 0 aliphatic heterocycles. The molecule has 0 aromatic heterocycles. The molecule has 2 fully saturated rings. The highest BCUT2D eigenvalue weighted by atomic mass is 16.4. The van der Waals surface area contributed by atoms with Crippen LogP contribution in [-0.4, -0.2) is 11.1 Å². The summed E-state index contributed by atoms with van der Waals surface area (Å²) in [6.07, 6.45) is 14.5. The zero-order valence-corrected chi connectivity index (χ0v) is 11.1. The minimum absolute atomic E-state index is 0.391. The van der Waals surface area contributed by atoms with E-state index in [4.69, 9.17) is 5.11 Å². The standard InChI is InChI=1S/C8H10O2.C8H12/c9-8(10)7-4-5-1-2-6(7)3-5;1-8-4-2-7(6-8)3-5-8/h4-6H,1-3H2,(H,9,10);2,4,7H,3,5-6H2,1H3. The quantitative estimate of drug-likeness (QED) is 0.715. The van der Waals surface area contributed by atoms with Crippen molar-refractivity contribution in [3.63, 3.8) is 0 Å². The van der Waals surface area contributed by atoms with Crippen LogP contribution in [0.2, 0.25) is 0 Å². The number of fused-ring (bicyclic) bond motifs is 4. The average molecular weight is 246 g/mol. The van der Waals surface area contributed by atoms with Crippen LogP contribution in [0.3, 0.4) is 0 Å². The molecule has 2 heteroatoms. The maximum absolute atomic E-state index is 10.5. The molecule has 4 aliphatic rings. The number of hydrogen-bond acceptors (Lipinski definition) is 1. The maximum atomic E-state index is 10.5. The van der Waals surface area contributed by atoms with E-state index >= 15 is 0 Å². The zero-order valence-electron chi connectivity index (χ0n) is 11.1. The molecule has 0 aromatic rings. The summed E-state index contributed by atoms with van der Waals surface area (Å²) in [6.45, 7) is 2.37. The van der Waals surface area contributed by atoms with E-state index in [0.717, 1.165) is 18.8 Å². The summed E-state index contributed by atoms with van der Waals surface area (Å²) in [4.78, 5) is 10.5. The number of carbonyl (C=O) groups is 1. The lowest BCUT2D eigenvalue weighted by Crippen LogP contribution is -2.07. The molecule has 98 valence electrons. The van der Waals surface area contributed by atoms with Crippen LogP contribution in [0, 0.1) is 23.2 Å². The van der Waals surface area contributed by atoms with E-state index in [2.05, 4.69) is 19.1 Å². The van der Waals surface area contributed by atoms with E-state index in [1.165, 1.54) is 25.7 Å². The Morgan fingerprint density at radius 1 is 1.33 bits per heavy atom. The van der Waals surface area contributed by atoms with E-state index in [1.54, 1.807) is 0 Å². The zero-order chi connectivity index (χ0) is 12.8. The normalized spacial score (nSPS) is 42.7. The van der Waals surface area contributed by atoms with Crippen molar-refractivity contribution in [2.45, 2.75) is 45.4 Å². The van der Waals surface area contributed by atoms with Crippen molar-refractivity contribution in [3.8, 4) is 0 Å². The molecule has 4 rings (SSSR count). The van der Waals surface area contributed by atoms with Crippen LogP contribution >= 0.6 is 0 Å². The molecule has 4 unspecified atom stereocenters. The second-order valence-electron chi connectivity index (χ2n) is 6.71. The summed E-state index contributed by atoms with van der Waals surface area (Å²) in [7, 11) is 0. The summed E-state index contributed by atoms with van der Waals surface area (Å²) in [5, 5.41) is 8.67. The van der Waals surface area contributed by atoms with Crippen LogP contribution < -0.4 is 0 Å². The number of carboxylic acids is 1. The molecule has 0 aromatic carbocycles. The van der Waals surface area contributed by atoms with Gasteiger partial charge in [-0.25, -0.2) is 4.79 Å². The van der Waals surface area contributed by atoms with Gasteiger partial charge in [-0.1, -0.05) is 25.2 Å². The Hall–Kier alpha value is -1.05. The van der Waals surface area contributed by atoms with Gasteiger partial charge in [-0.2, -0.15) is 0 Å². The van der Waals surface area contributed by atoms with Gasteiger partial charge in [0, 0.05) is 5.57 Å². The molecule has 2 saturated carbocycles. The molecule has 4 bridgehead atoms. The lowest BCUT2D eigenvalue weighted by molar-refractivity contribution is -0.133. The highest BCUT2D eigenvalue weighted by Gasteiger charge is 2.36. The van der Waals surface area contributed by atoms with E-state index < -0.39 is 5.97 Å². The summed E-state index contributed by atoms with van der Waals surface area (Å²) in [5.74, 6) is 1.24. The van der Waals surface area contributed by atoms with Crippen LogP contribution in [0.4, 0.5) is 0 Å². The summed E-state index contributed by atoms with van der Waals surface area (Å²) in [6, 6.07) is 0. The first-order chi connectivity index (χ1) is 8.56. The third kappa shape index (κ3) is 2.13. The lowest BCUT2D eigenvalue weighted by atomic mass is 9.91. The molecule has 4 aliphatic carbocycles. The Morgan fingerprint density at radius 2 is 2.17 bits per heavy atom. The fourth-order valence-corrected chi connectivity index (χ4v) is 4.09. The third-order valence-corrected chi connectivity index (χ3v) is 5.16. The molecular formula is C16H22O2. The van der Waals surface area contributed by atoms with E-state index in [0.29, 0.717) is 22.8 Å². The van der Waals surface area contributed by atoms with Crippen LogP contribution in [0.1, 0.15) is 45.4 Å². The Kier molecular flexibility index (Phi) is 2.84. The van der Waals surface area contributed by atoms with Crippen molar-refractivity contribution in [1.29, 1.82) is 0 Å². The monoisotopic (exact) mass is 246 g/mol. The van der Waals surface area contributed by atoms with Gasteiger partial charge in [0.15, 0.2) is 0 Å². The van der Waals surface area contributed by atoms with E-state index in [9.17, 15) is 4.79 Å². The topological polar surface area (TPSA) is 37.3 Å². The first-order valence-corrected chi connectivity index (χ1v) is 7.20. The van der Waals surface area contributed by atoms with Gasteiger partial charge in [0.25, 0.3) is 0 Å². The smallest absolute Gasteiger partial charge is 0.331 e. The van der Waals surface area contributed by atoms with Crippen molar-refractivity contribution >= 4 is 5.97 Å². The van der Waals surface area contributed by atoms with Crippen LogP contribution in [0.5, 0.6) is 0 Å². The van der Waals surface area contributed by atoms with Crippen molar-refractivity contribution in [1.82, 2.24) is 0 Å². The molecule has 0 spiro atoms. The Morgan fingerprint density at radius 3 is 2.39 bits per heavy atom. The van der Waals surface area contributed by atoms with Gasteiger partial charge in [0.1, 0.15) is 0 Å². The highest BCUT2D eigenvalue weighted by molar-refractivity contribution is 5.88. The molecule has 1 N–H and O–H groups in total. The number of allylic oxidation sites excluding steroid dienone is 3. The number of aliphatic carboxylic acids is 1. The second kappa shape index (κ2) is 4.25. The molecule has 0 radical (unpaired) electrons. The fraction of sp³-hybridized carbons (Fsp3) is 0.688. The van der Waals surface area contributed by atoms with E-state index in [-0.39, 0.29) is 0 Å². The van der Waals surface area contributed by atoms with Gasteiger partial charge in [0.05, 0.1) is 0 Å². The summed E-state index contributed by atoms with van der Waals surface area (Å²) < 4.78 is 0. The largest absolute Gasteiger partial charge is 0.478 e. The number of hydrogen-bond donors (Lipinski definition) is 1. The third-order valence-electron chi connectivity index (χ3n) is 5.16. The van der Waals surface area contributed by atoms with Crippen molar-refractivity contribution in [2.75, 3.05) is 0 Å². The molecule has 2 nitrogen and oxygen atoms in total. The molecule has 0 saturated heterocycles. The SMILES string of the molecule is CC12C=CC(CC1)C2.O=C(O)C1=CC2CCC1C2. The lowest BCUT2D eigenvalue weighted by Gasteiger charge is -2.14. The molecule has 0 heterocycles. The molecule has 4 atom stereocenters. The first-order valence-electron chi connectivity index (χ1n) is 7.20. The van der Waals surface area contributed by atoms with Gasteiger partial charge in [-0.15, -0.1) is 0 Å². The average Bonchev–Trinajstić information content (AvgIpc) is 3.07. The summed E-state index contributed by atoms with van der Waals surface area (Å²) >= 11 is 0. The van der Waals surface area contributed by atoms with Crippen LogP contribution in [0.25, 0.3) is 0 Å². The second-order valence-corrected chi connectivity index (χ2v) is 6.71. The predicted octanol–water partition coefficient (Wildman–Crippen LogP) is 3.79. The van der Waals surface area contributed by atoms with Gasteiger partial charge in [0.2, 0.25) is 0 Å². The molecule has 0 amide bonds. The van der Waals surface area contributed by atoms with Crippen molar-refractivity contribution in [2.24, 2.45) is 23.2 Å². The van der Waals surface area contributed by atoms with Gasteiger partial charge < -0.3 is 5.11 Å². The number of rotatable bonds is 1. The Balaban J connectivity index is 0.000000114. The first kappa shape index (κ1) is 12.0. The predicted molar refractivity (Wildman–Crippen MR) is 71.1 cm³/mol. The van der Waals surface area contributed by atoms with E-state index in [1.807, 2.05) is 6.08 Å². The summed E-state index contributed by atoms with van der Waals surface area (Å²) in [5.41, 5.74) is 1.31. The van der Waals surface area contributed by atoms with Gasteiger partial charge in [-0.3, -0.25) is 0 Å². The highest BCUT2D eigenvalue weighted by Crippen LogP contribution is 2.48. The Labute approximate surface area is 109 Å². The van der Waals surface area contributed by atoms with Gasteiger partial charge >= 0.3 is 5.97 Å². The maximum Gasteiger partial charge on any atom is 0.331 e. The van der Waals surface area contributed by atoms with Crippen LogP contribution in [-0.2, 0) is 4.79 Å². The molecule has 18 heavy (non-hydrogen) atoms. The Bertz CT molecular complexity index is 421.